The van der Waals surface area contributed by atoms with Gasteiger partial charge in [-0.15, -0.1) is 0 Å². The zero-order valence-corrected chi connectivity index (χ0v) is 35.8. The number of hydrogen-bond acceptors (Lipinski definition) is 13. The Morgan fingerprint density at radius 1 is 0.463 bits per heavy atom. The molecule has 1 rings (SSSR count). The van der Waals surface area contributed by atoms with Gasteiger partial charge in [0.2, 0.25) is 0 Å². The molecule has 0 heterocycles. The summed E-state index contributed by atoms with van der Waals surface area (Å²) in [6.07, 6.45) is 0.400. The summed E-state index contributed by atoms with van der Waals surface area (Å²) >= 11 is 0. The quantitative estimate of drug-likeness (QED) is 0.143. The fourth-order valence-electron chi connectivity index (χ4n) is 5.29. The Morgan fingerprint density at radius 2 is 0.759 bits per heavy atom. The van der Waals surface area contributed by atoms with E-state index >= 15 is 0 Å². The second-order valence-corrected chi connectivity index (χ2v) is 18.6. The molecule has 1 aromatic carbocycles. The molecule has 0 fully saturated rings. The lowest BCUT2D eigenvalue weighted by Crippen LogP contribution is -2.52. The second kappa shape index (κ2) is 20.4. The van der Waals surface area contributed by atoms with Gasteiger partial charge in [-0.2, -0.15) is 0 Å². The maximum Gasteiger partial charge on any atom is 0.320 e. The number of carbonyl (C=O) groups is 5. The van der Waals surface area contributed by atoms with Gasteiger partial charge in [-0.05, 0) is 116 Å². The zero-order valence-electron chi connectivity index (χ0n) is 35.8. The second-order valence-electron chi connectivity index (χ2n) is 18.6. The molecule has 0 saturated heterocycles. The van der Waals surface area contributed by atoms with Crippen LogP contribution >= 0.6 is 0 Å². The van der Waals surface area contributed by atoms with Crippen molar-refractivity contribution in [3.05, 3.63) is 35.9 Å². The standard InChI is InChI=1S/C41H69N3O10/c1-37(2,3)50-32(45)25-42(21-22-43(26-33(46)51-38(4,5)6)27-34(47)52-39(7,8)9)24-31(23-30-19-17-16-18-20-30)44(28-35(48)53-40(10,11)12)29-36(49)54-41(13,14)15/h16-20,31H,21-29H2,1-15H3. The average molecular weight is 764 g/mol. The third-order valence-corrected chi connectivity index (χ3v) is 6.85. The van der Waals surface area contributed by atoms with Crippen LogP contribution in [0.15, 0.2) is 30.3 Å². The maximum atomic E-state index is 13.4. The molecule has 0 aliphatic rings. The van der Waals surface area contributed by atoms with E-state index in [0.29, 0.717) is 6.42 Å². The topological polar surface area (TPSA) is 141 Å². The number of benzene rings is 1. The molecule has 0 aromatic heterocycles. The Hall–Kier alpha value is -3.55. The van der Waals surface area contributed by atoms with Crippen LogP contribution in [0.4, 0.5) is 0 Å². The molecule has 0 N–H and O–H groups in total. The first-order chi connectivity index (χ1) is 24.4. The maximum absolute atomic E-state index is 13.4. The third-order valence-electron chi connectivity index (χ3n) is 6.85. The highest BCUT2D eigenvalue weighted by Gasteiger charge is 2.32. The lowest BCUT2D eigenvalue weighted by Gasteiger charge is -2.36. The molecule has 13 heteroatoms. The van der Waals surface area contributed by atoms with Crippen molar-refractivity contribution in [3.63, 3.8) is 0 Å². The van der Waals surface area contributed by atoms with Gasteiger partial charge in [0.15, 0.2) is 0 Å². The number of ether oxygens (including phenoxy) is 5. The minimum Gasteiger partial charge on any atom is -0.459 e. The first-order valence-electron chi connectivity index (χ1n) is 18.7. The highest BCUT2D eigenvalue weighted by molar-refractivity contribution is 5.76. The Bertz CT molecular complexity index is 1300. The SMILES string of the molecule is CC(C)(C)OC(=O)CN(CCN(CC(=O)OC(C)(C)C)CC(Cc1ccccc1)N(CC(=O)OC(C)(C)C)CC(=O)OC(C)(C)C)CC(=O)OC(C)(C)C. The zero-order chi connectivity index (χ0) is 41.7. The minimum atomic E-state index is -0.766. The van der Waals surface area contributed by atoms with E-state index in [1.54, 1.807) is 114 Å². The molecule has 1 unspecified atom stereocenters. The van der Waals surface area contributed by atoms with Crippen LogP contribution in [0.1, 0.15) is 109 Å². The summed E-state index contributed by atoms with van der Waals surface area (Å²) in [4.78, 5) is 71.2. The minimum absolute atomic E-state index is 0.151. The summed E-state index contributed by atoms with van der Waals surface area (Å²) in [7, 11) is 0. The summed E-state index contributed by atoms with van der Waals surface area (Å²) in [6, 6.07) is 9.10. The summed E-state index contributed by atoms with van der Waals surface area (Å²) < 4.78 is 28.2. The number of carbonyl (C=O) groups excluding carboxylic acids is 5. The van der Waals surface area contributed by atoms with Crippen molar-refractivity contribution >= 4 is 29.8 Å². The lowest BCUT2D eigenvalue weighted by atomic mass is 10.0. The largest absolute Gasteiger partial charge is 0.459 e. The van der Waals surface area contributed by atoms with Gasteiger partial charge in [0.1, 0.15) is 28.0 Å². The van der Waals surface area contributed by atoms with Crippen molar-refractivity contribution in [1.29, 1.82) is 0 Å². The molecule has 0 amide bonds. The highest BCUT2D eigenvalue weighted by atomic mass is 16.6. The van der Waals surface area contributed by atoms with Crippen LogP contribution in [0, 0.1) is 0 Å². The van der Waals surface area contributed by atoms with E-state index < -0.39 is 63.9 Å². The lowest BCUT2D eigenvalue weighted by molar-refractivity contribution is -0.162. The van der Waals surface area contributed by atoms with Crippen molar-refractivity contribution in [3.8, 4) is 0 Å². The van der Waals surface area contributed by atoms with Gasteiger partial charge >= 0.3 is 29.8 Å². The van der Waals surface area contributed by atoms with Crippen molar-refractivity contribution in [2.24, 2.45) is 0 Å². The van der Waals surface area contributed by atoms with Gasteiger partial charge in [-0.1, -0.05) is 30.3 Å². The van der Waals surface area contributed by atoms with E-state index in [4.69, 9.17) is 23.7 Å². The van der Waals surface area contributed by atoms with Crippen molar-refractivity contribution in [2.75, 3.05) is 52.4 Å². The summed E-state index contributed by atoms with van der Waals surface area (Å²) in [6.45, 7) is 26.1. The Balaban J connectivity index is 3.66. The van der Waals surface area contributed by atoms with E-state index in [0.717, 1.165) is 5.56 Å². The van der Waals surface area contributed by atoms with Crippen molar-refractivity contribution in [2.45, 2.75) is 144 Å². The van der Waals surface area contributed by atoms with Crippen LogP contribution in [-0.2, 0) is 54.1 Å². The normalized spacial score (nSPS) is 13.4. The van der Waals surface area contributed by atoms with Gasteiger partial charge in [-0.3, -0.25) is 38.7 Å². The Morgan fingerprint density at radius 3 is 1.09 bits per heavy atom. The van der Waals surface area contributed by atoms with Crippen LogP contribution in [0.2, 0.25) is 0 Å². The predicted octanol–water partition coefficient (Wildman–Crippen LogP) is 5.21. The van der Waals surface area contributed by atoms with Gasteiger partial charge in [-0.25, -0.2) is 0 Å². The van der Waals surface area contributed by atoms with Crippen LogP contribution in [-0.4, -0.2) is 131 Å². The Labute approximate surface area is 324 Å². The molecule has 0 aliphatic carbocycles. The fraction of sp³-hybridized carbons (Fsp3) is 0.732. The summed E-state index contributed by atoms with van der Waals surface area (Å²) in [5.41, 5.74) is -2.84. The van der Waals surface area contributed by atoms with Crippen LogP contribution in [0.25, 0.3) is 0 Å². The fourth-order valence-corrected chi connectivity index (χ4v) is 5.29. The molecule has 0 spiro atoms. The molecule has 1 atom stereocenters. The van der Waals surface area contributed by atoms with Gasteiger partial charge in [0, 0.05) is 25.7 Å². The van der Waals surface area contributed by atoms with E-state index in [-0.39, 0.29) is 52.4 Å². The monoisotopic (exact) mass is 763 g/mol. The van der Waals surface area contributed by atoms with E-state index in [1.165, 1.54) is 0 Å². The van der Waals surface area contributed by atoms with Gasteiger partial charge in [0.05, 0.1) is 32.7 Å². The smallest absolute Gasteiger partial charge is 0.320 e. The molecule has 0 aliphatic heterocycles. The Kier molecular flexibility index (Phi) is 18.3. The molecule has 0 radical (unpaired) electrons. The first-order valence-corrected chi connectivity index (χ1v) is 18.7. The average Bonchev–Trinajstić information content (AvgIpc) is 2.90. The van der Waals surface area contributed by atoms with Gasteiger partial charge in [0.25, 0.3) is 0 Å². The molecule has 13 nitrogen and oxygen atoms in total. The molecule has 308 valence electrons. The van der Waals surface area contributed by atoms with E-state index in [9.17, 15) is 24.0 Å². The molecule has 0 saturated carbocycles. The number of nitrogens with zero attached hydrogens (tertiary/aromatic N) is 3. The van der Waals surface area contributed by atoms with Crippen LogP contribution in [0.3, 0.4) is 0 Å². The van der Waals surface area contributed by atoms with Crippen molar-refractivity contribution in [1.82, 2.24) is 14.7 Å². The molecular weight excluding hydrogens is 694 g/mol. The van der Waals surface area contributed by atoms with E-state index in [2.05, 4.69) is 0 Å². The van der Waals surface area contributed by atoms with Crippen LogP contribution in [0.5, 0.6) is 0 Å². The number of rotatable bonds is 18. The van der Waals surface area contributed by atoms with Crippen LogP contribution < -0.4 is 0 Å². The van der Waals surface area contributed by atoms with Gasteiger partial charge < -0.3 is 23.7 Å². The summed E-state index contributed by atoms with van der Waals surface area (Å²) in [5, 5.41) is 0. The molecule has 0 bridgehead atoms. The van der Waals surface area contributed by atoms with Crippen molar-refractivity contribution < 1.29 is 47.7 Å². The number of esters is 5. The molecule has 54 heavy (non-hydrogen) atoms. The number of hydrogen-bond donors (Lipinski definition) is 0. The predicted molar refractivity (Wildman–Crippen MR) is 208 cm³/mol. The molecule has 1 aromatic rings. The highest BCUT2D eigenvalue weighted by Crippen LogP contribution is 2.17. The molecular formula is C41H69N3O10. The third kappa shape index (κ3) is 24.7. The summed E-state index contributed by atoms with van der Waals surface area (Å²) in [5.74, 6) is -2.58. The van der Waals surface area contributed by atoms with E-state index in [1.807, 2.05) is 35.2 Å². The first kappa shape index (κ1) is 48.5.